The average molecular weight is 508 g/mol. The first-order valence-corrected chi connectivity index (χ1v) is 12.6. The summed E-state index contributed by atoms with van der Waals surface area (Å²) in [5.74, 6) is -0.126. The standard InChI is InChI=1S/C27H30ClN5O3/c1-26(10-11-26)18-36-23-22(17-30-33(24(23)34)21-9-5-6-19(28)16-21)32-14-12-27(13-15-32,25(29)35)31-20-7-3-2-4-8-20/h2-9,16-17,31H,10-15,18H2,1H3,(H2,29,35). The van der Waals surface area contributed by atoms with Crippen LogP contribution in [-0.4, -0.2) is 40.9 Å². The SMILES string of the molecule is CC1(COc2c(N3CCC(Nc4ccccc4)(C(N)=O)CC3)cnn(-c3cccc(Cl)c3)c2=O)CC1. The third-order valence-corrected chi connectivity index (χ3v) is 7.46. The number of hydrogen-bond acceptors (Lipinski definition) is 6. The topological polar surface area (TPSA) is 102 Å². The smallest absolute Gasteiger partial charge is 0.316 e. The number of hydrogen-bond donors (Lipinski definition) is 2. The molecule has 0 spiro atoms. The fourth-order valence-electron chi connectivity index (χ4n) is 4.55. The Morgan fingerprint density at radius 1 is 1.11 bits per heavy atom. The minimum atomic E-state index is -0.871. The van der Waals surface area contributed by atoms with Crippen LogP contribution in [0.4, 0.5) is 11.4 Å². The summed E-state index contributed by atoms with van der Waals surface area (Å²) >= 11 is 6.15. The summed E-state index contributed by atoms with van der Waals surface area (Å²) < 4.78 is 7.49. The van der Waals surface area contributed by atoms with Crippen LogP contribution in [0.1, 0.15) is 32.6 Å². The molecule has 0 unspecified atom stereocenters. The number of carbonyl (C=O) groups is 1. The van der Waals surface area contributed by atoms with Crippen molar-refractivity contribution in [2.24, 2.45) is 11.1 Å². The lowest BCUT2D eigenvalue weighted by molar-refractivity contribution is -0.122. The van der Waals surface area contributed by atoms with Crippen LogP contribution < -0.4 is 26.2 Å². The number of nitrogens with zero attached hydrogens (tertiary/aromatic N) is 3. The Morgan fingerprint density at radius 2 is 1.83 bits per heavy atom. The number of nitrogens with one attached hydrogen (secondary N) is 1. The Kier molecular flexibility index (Phi) is 6.38. The van der Waals surface area contributed by atoms with Crippen LogP contribution in [0.15, 0.2) is 65.6 Å². The fraction of sp³-hybridized carbons (Fsp3) is 0.370. The molecule has 5 rings (SSSR count). The monoisotopic (exact) mass is 507 g/mol. The van der Waals surface area contributed by atoms with Gasteiger partial charge in [0.05, 0.1) is 18.5 Å². The van der Waals surface area contributed by atoms with Crippen LogP contribution >= 0.6 is 11.6 Å². The van der Waals surface area contributed by atoms with Gasteiger partial charge in [0.2, 0.25) is 11.7 Å². The molecule has 8 nitrogen and oxygen atoms in total. The highest BCUT2D eigenvalue weighted by Crippen LogP contribution is 2.45. The van der Waals surface area contributed by atoms with Gasteiger partial charge in [-0.2, -0.15) is 9.78 Å². The predicted molar refractivity (Wildman–Crippen MR) is 141 cm³/mol. The van der Waals surface area contributed by atoms with E-state index in [0.717, 1.165) is 18.5 Å². The molecule has 2 aliphatic rings. The van der Waals surface area contributed by atoms with Gasteiger partial charge in [-0.1, -0.05) is 42.8 Å². The summed E-state index contributed by atoms with van der Waals surface area (Å²) in [6.07, 6.45) is 4.77. The van der Waals surface area contributed by atoms with E-state index in [0.29, 0.717) is 48.9 Å². The number of primary amides is 1. The first-order chi connectivity index (χ1) is 17.3. The molecule has 3 aromatic rings. The van der Waals surface area contributed by atoms with Crippen molar-refractivity contribution in [2.45, 2.75) is 38.1 Å². The zero-order valence-electron chi connectivity index (χ0n) is 20.2. The second-order valence-corrected chi connectivity index (χ2v) is 10.5. The Hall–Kier alpha value is -3.52. The molecule has 9 heteroatoms. The summed E-state index contributed by atoms with van der Waals surface area (Å²) in [5.41, 5.74) is 6.79. The Morgan fingerprint density at radius 3 is 2.47 bits per heavy atom. The van der Waals surface area contributed by atoms with Crippen LogP contribution in [-0.2, 0) is 4.79 Å². The van der Waals surface area contributed by atoms with E-state index in [2.05, 4.69) is 22.2 Å². The molecule has 1 saturated heterocycles. The van der Waals surface area contributed by atoms with E-state index in [1.807, 2.05) is 30.3 Å². The van der Waals surface area contributed by atoms with Crippen molar-refractivity contribution >= 4 is 28.9 Å². The third-order valence-electron chi connectivity index (χ3n) is 7.22. The molecule has 1 aliphatic heterocycles. The van der Waals surface area contributed by atoms with E-state index in [9.17, 15) is 9.59 Å². The van der Waals surface area contributed by atoms with Gasteiger partial charge < -0.3 is 20.7 Å². The molecule has 2 fully saturated rings. The maximum Gasteiger partial charge on any atom is 0.316 e. The fourth-order valence-corrected chi connectivity index (χ4v) is 4.73. The first-order valence-electron chi connectivity index (χ1n) is 12.2. The number of carbonyl (C=O) groups excluding carboxylic acids is 1. The molecule has 188 valence electrons. The molecular weight excluding hydrogens is 478 g/mol. The first kappa shape index (κ1) is 24.2. The highest BCUT2D eigenvalue weighted by atomic mass is 35.5. The Bertz CT molecular complexity index is 1310. The van der Waals surface area contributed by atoms with Crippen molar-refractivity contribution in [1.82, 2.24) is 9.78 Å². The number of nitrogens with two attached hydrogens (primary N) is 1. The Labute approximate surface area is 215 Å². The van der Waals surface area contributed by atoms with Crippen LogP contribution in [0.5, 0.6) is 5.75 Å². The van der Waals surface area contributed by atoms with Gasteiger partial charge in [0.25, 0.3) is 0 Å². The van der Waals surface area contributed by atoms with Gasteiger partial charge in [-0.3, -0.25) is 9.59 Å². The second-order valence-electron chi connectivity index (χ2n) is 10.1. The number of anilines is 2. The average Bonchev–Trinajstić information content (AvgIpc) is 3.61. The van der Waals surface area contributed by atoms with Crippen molar-refractivity contribution in [3.63, 3.8) is 0 Å². The van der Waals surface area contributed by atoms with Crippen LogP contribution in [0, 0.1) is 5.41 Å². The van der Waals surface area contributed by atoms with Crippen molar-refractivity contribution < 1.29 is 9.53 Å². The Balaban J connectivity index is 1.43. The van der Waals surface area contributed by atoms with E-state index in [4.69, 9.17) is 22.1 Å². The molecule has 3 N–H and O–H groups in total. The summed E-state index contributed by atoms with van der Waals surface area (Å²) in [6, 6.07) is 16.6. The van der Waals surface area contributed by atoms with E-state index >= 15 is 0 Å². The number of ether oxygens (including phenoxy) is 1. The molecule has 1 amide bonds. The summed E-state index contributed by atoms with van der Waals surface area (Å²) in [5, 5.41) is 8.31. The molecule has 2 heterocycles. The number of para-hydroxylation sites is 1. The van der Waals surface area contributed by atoms with Crippen molar-refractivity contribution in [3.8, 4) is 11.4 Å². The van der Waals surface area contributed by atoms with Gasteiger partial charge in [0.1, 0.15) is 11.2 Å². The highest BCUT2D eigenvalue weighted by molar-refractivity contribution is 6.30. The van der Waals surface area contributed by atoms with Crippen molar-refractivity contribution in [1.29, 1.82) is 0 Å². The molecule has 0 atom stereocenters. The van der Waals surface area contributed by atoms with Crippen LogP contribution in [0.2, 0.25) is 5.02 Å². The zero-order valence-corrected chi connectivity index (χ0v) is 21.0. The van der Waals surface area contributed by atoms with E-state index in [1.165, 1.54) is 4.68 Å². The lowest BCUT2D eigenvalue weighted by Gasteiger charge is -2.41. The molecule has 1 saturated carbocycles. The van der Waals surface area contributed by atoms with E-state index in [-0.39, 0.29) is 16.7 Å². The van der Waals surface area contributed by atoms with Crippen molar-refractivity contribution in [2.75, 3.05) is 29.9 Å². The maximum atomic E-state index is 13.6. The number of benzene rings is 2. The highest BCUT2D eigenvalue weighted by Gasteiger charge is 2.42. The number of rotatable bonds is 8. The zero-order chi connectivity index (χ0) is 25.3. The maximum absolute atomic E-state index is 13.6. The molecule has 0 radical (unpaired) electrons. The number of aromatic nitrogens is 2. The minimum Gasteiger partial charge on any atom is -0.486 e. The van der Waals surface area contributed by atoms with E-state index in [1.54, 1.807) is 30.5 Å². The van der Waals surface area contributed by atoms with Crippen LogP contribution in [0.3, 0.4) is 0 Å². The largest absolute Gasteiger partial charge is 0.486 e. The van der Waals surface area contributed by atoms with Gasteiger partial charge in [-0.05, 0) is 56.0 Å². The quantitative estimate of drug-likeness (QED) is 0.477. The molecule has 1 aliphatic carbocycles. The minimum absolute atomic E-state index is 0.0937. The normalized spacial score (nSPS) is 17.9. The van der Waals surface area contributed by atoms with Gasteiger partial charge in [-0.15, -0.1) is 0 Å². The van der Waals surface area contributed by atoms with Crippen molar-refractivity contribution in [3.05, 3.63) is 76.2 Å². The van der Waals surface area contributed by atoms with Gasteiger partial charge in [-0.25, -0.2) is 0 Å². The molecule has 2 aromatic carbocycles. The van der Waals surface area contributed by atoms with Gasteiger partial charge in [0, 0.05) is 29.2 Å². The third kappa shape index (κ3) is 4.91. The molecule has 1 aromatic heterocycles. The molecular formula is C27H30ClN5O3. The lowest BCUT2D eigenvalue weighted by Crippen LogP contribution is -2.57. The van der Waals surface area contributed by atoms with Gasteiger partial charge >= 0.3 is 5.56 Å². The second kappa shape index (κ2) is 9.50. The summed E-state index contributed by atoms with van der Waals surface area (Å²) in [4.78, 5) is 28.2. The van der Waals surface area contributed by atoms with Gasteiger partial charge in [0.15, 0.2) is 0 Å². The number of piperidine rings is 1. The molecule has 0 bridgehead atoms. The summed E-state index contributed by atoms with van der Waals surface area (Å²) in [7, 11) is 0. The van der Waals surface area contributed by atoms with E-state index < -0.39 is 11.4 Å². The number of amides is 1. The predicted octanol–water partition coefficient (Wildman–Crippen LogP) is 4.00. The lowest BCUT2D eigenvalue weighted by atomic mass is 9.86. The molecule has 36 heavy (non-hydrogen) atoms. The van der Waals surface area contributed by atoms with Crippen LogP contribution in [0.25, 0.3) is 5.69 Å². The summed E-state index contributed by atoms with van der Waals surface area (Å²) in [6.45, 7) is 3.64. The number of halogens is 1.